The highest BCUT2D eigenvalue weighted by molar-refractivity contribution is 5.35. The van der Waals surface area contributed by atoms with Gasteiger partial charge in [-0.25, -0.2) is 0 Å². The molecule has 0 unspecified atom stereocenters. The van der Waals surface area contributed by atoms with Gasteiger partial charge in [-0.15, -0.1) is 0 Å². The Morgan fingerprint density at radius 3 is 2.88 bits per heavy atom. The van der Waals surface area contributed by atoms with Crippen molar-refractivity contribution in [2.24, 2.45) is 11.1 Å². The predicted molar refractivity (Wildman–Crippen MR) is 64.0 cm³/mol. The van der Waals surface area contributed by atoms with Crippen LogP contribution in [0.15, 0.2) is 18.5 Å². The Balaban J connectivity index is 1.91. The molecule has 1 atom stereocenters. The van der Waals surface area contributed by atoms with Crippen molar-refractivity contribution in [2.75, 3.05) is 20.1 Å². The molecule has 0 radical (unpaired) electrons. The highest BCUT2D eigenvalue weighted by Gasteiger charge is 2.45. The summed E-state index contributed by atoms with van der Waals surface area (Å²) in [6.45, 7) is 2.35. The fraction of sp³-hybridized carbons (Fsp3) is 0.615. The van der Waals surface area contributed by atoms with Crippen LogP contribution in [0.3, 0.4) is 0 Å². The summed E-state index contributed by atoms with van der Waals surface area (Å²) in [5.41, 5.74) is 9.47. The SMILES string of the molecule is CN1CCC2(CC1)Cc1ccncc1[C@H]2N. The van der Waals surface area contributed by atoms with Crippen LogP contribution in [0.2, 0.25) is 0 Å². The number of nitrogens with zero attached hydrogens (tertiary/aromatic N) is 2. The Morgan fingerprint density at radius 2 is 2.19 bits per heavy atom. The second-order valence-electron chi connectivity index (χ2n) is 5.39. The summed E-state index contributed by atoms with van der Waals surface area (Å²) in [5, 5.41) is 0. The standard InChI is InChI=1S/C13H19N3/c1-16-6-3-13(4-7-16)8-10-2-5-15-9-11(10)12(13)14/h2,5,9,12H,3-4,6-8,14H2,1H3/t12-/m1/s1. The molecular formula is C13H19N3. The molecule has 2 heterocycles. The van der Waals surface area contributed by atoms with Crippen LogP contribution in [-0.2, 0) is 6.42 Å². The first-order valence-electron chi connectivity index (χ1n) is 6.08. The Morgan fingerprint density at radius 1 is 1.44 bits per heavy atom. The van der Waals surface area contributed by atoms with Crippen molar-refractivity contribution in [3.8, 4) is 0 Å². The van der Waals surface area contributed by atoms with E-state index in [0.717, 1.165) is 6.42 Å². The summed E-state index contributed by atoms with van der Waals surface area (Å²) in [6.07, 6.45) is 7.45. The van der Waals surface area contributed by atoms with Crippen molar-refractivity contribution < 1.29 is 0 Å². The number of rotatable bonds is 0. The zero-order chi connectivity index (χ0) is 11.2. The van der Waals surface area contributed by atoms with E-state index in [1.165, 1.54) is 37.1 Å². The van der Waals surface area contributed by atoms with Crippen molar-refractivity contribution in [1.29, 1.82) is 0 Å². The fourth-order valence-electron chi connectivity index (χ4n) is 3.25. The molecule has 0 saturated carbocycles. The summed E-state index contributed by atoms with van der Waals surface area (Å²) in [5.74, 6) is 0. The molecule has 0 aromatic carbocycles. The van der Waals surface area contributed by atoms with Gasteiger partial charge in [-0.1, -0.05) is 0 Å². The van der Waals surface area contributed by atoms with Gasteiger partial charge < -0.3 is 10.6 Å². The summed E-state index contributed by atoms with van der Waals surface area (Å²) < 4.78 is 0. The molecule has 1 saturated heterocycles. The maximum atomic E-state index is 6.44. The van der Waals surface area contributed by atoms with Crippen LogP contribution >= 0.6 is 0 Å². The Bertz CT molecular complexity index is 394. The Labute approximate surface area is 96.7 Å². The van der Waals surface area contributed by atoms with Crippen LogP contribution in [0.4, 0.5) is 0 Å². The van der Waals surface area contributed by atoms with Gasteiger partial charge in [0, 0.05) is 18.4 Å². The van der Waals surface area contributed by atoms with E-state index in [2.05, 4.69) is 23.0 Å². The molecule has 86 valence electrons. The van der Waals surface area contributed by atoms with Gasteiger partial charge in [-0.2, -0.15) is 0 Å². The van der Waals surface area contributed by atoms with Crippen molar-refractivity contribution in [3.05, 3.63) is 29.6 Å². The molecule has 0 bridgehead atoms. The summed E-state index contributed by atoms with van der Waals surface area (Å²) >= 11 is 0. The Hall–Kier alpha value is -0.930. The molecule has 1 aromatic rings. The van der Waals surface area contributed by atoms with Crippen molar-refractivity contribution in [2.45, 2.75) is 25.3 Å². The van der Waals surface area contributed by atoms with Crippen molar-refractivity contribution in [3.63, 3.8) is 0 Å². The number of hydrogen-bond donors (Lipinski definition) is 1. The lowest BCUT2D eigenvalue weighted by Gasteiger charge is -2.40. The Kier molecular flexibility index (Phi) is 2.26. The third-order valence-electron chi connectivity index (χ3n) is 4.47. The average Bonchev–Trinajstić information content (AvgIpc) is 2.58. The topological polar surface area (TPSA) is 42.2 Å². The molecule has 1 aliphatic heterocycles. The molecule has 1 spiro atoms. The lowest BCUT2D eigenvalue weighted by Crippen LogP contribution is -2.42. The van der Waals surface area contributed by atoms with Gasteiger partial charge in [0.15, 0.2) is 0 Å². The van der Waals surface area contributed by atoms with E-state index in [1.54, 1.807) is 0 Å². The van der Waals surface area contributed by atoms with E-state index >= 15 is 0 Å². The first-order chi connectivity index (χ1) is 7.71. The monoisotopic (exact) mass is 217 g/mol. The zero-order valence-corrected chi connectivity index (χ0v) is 9.82. The van der Waals surface area contributed by atoms with Crippen LogP contribution in [0, 0.1) is 5.41 Å². The van der Waals surface area contributed by atoms with Gasteiger partial charge in [0.1, 0.15) is 0 Å². The first-order valence-corrected chi connectivity index (χ1v) is 6.08. The number of aromatic nitrogens is 1. The molecule has 3 heteroatoms. The third kappa shape index (κ3) is 1.39. The number of fused-ring (bicyclic) bond motifs is 1. The molecule has 1 aromatic heterocycles. The van der Waals surface area contributed by atoms with E-state index in [9.17, 15) is 0 Å². The highest BCUT2D eigenvalue weighted by atomic mass is 15.1. The second-order valence-corrected chi connectivity index (χ2v) is 5.39. The van der Waals surface area contributed by atoms with Crippen LogP contribution in [0.5, 0.6) is 0 Å². The van der Waals surface area contributed by atoms with Gasteiger partial charge in [0.05, 0.1) is 0 Å². The summed E-state index contributed by atoms with van der Waals surface area (Å²) in [6, 6.07) is 2.34. The van der Waals surface area contributed by atoms with E-state index < -0.39 is 0 Å². The minimum absolute atomic E-state index is 0.199. The average molecular weight is 217 g/mol. The second kappa shape index (κ2) is 3.54. The minimum Gasteiger partial charge on any atom is -0.323 e. The number of nitrogens with two attached hydrogens (primary N) is 1. The van der Waals surface area contributed by atoms with E-state index in [1.807, 2.05) is 12.4 Å². The molecule has 1 aliphatic carbocycles. The quantitative estimate of drug-likeness (QED) is 0.713. The van der Waals surface area contributed by atoms with Crippen LogP contribution in [-0.4, -0.2) is 30.0 Å². The molecule has 2 aliphatic rings. The number of piperidine rings is 1. The molecule has 16 heavy (non-hydrogen) atoms. The van der Waals surface area contributed by atoms with Crippen LogP contribution in [0.1, 0.15) is 30.0 Å². The zero-order valence-electron chi connectivity index (χ0n) is 9.82. The van der Waals surface area contributed by atoms with E-state index in [4.69, 9.17) is 5.73 Å². The largest absolute Gasteiger partial charge is 0.323 e. The fourth-order valence-corrected chi connectivity index (χ4v) is 3.25. The normalized spacial score (nSPS) is 28.2. The molecule has 3 rings (SSSR count). The maximum absolute atomic E-state index is 6.44. The van der Waals surface area contributed by atoms with E-state index in [-0.39, 0.29) is 6.04 Å². The van der Waals surface area contributed by atoms with Crippen molar-refractivity contribution >= 4 is 0 Å². The van der Waals surface area contributed by atoms with Crippen LogP contribution < -0.4 is 5.73 Å². The summed E-state index contributed by atoms with van der Waals surface area (Å²) in [4.78, 5) is 6.61. The molecule has 2 N–H and O–H groups in total. The van der Waals surface area contributed by atoms with Crippen LogP contribution in [0.25, 0.3) is 0 Å². The van der Waals surface area contributed by atoms with Gasteiger partial charge in [-0.05, 0) is 62.0 Å². The number of pyridine rings is 1. The molecule has 1 fully saturated rings. The van der Waals surface area contributed by atoms with Gasteiger partial charge >= 0.3 is 0 Å². The lowest BCUT2D eigenvalue weighted by atomic mass is 9.73. The smallest absolute Gasteiger partial charge is 0.0374 e. The number of likely N-dealkylation sites (tertiary alicyclic amines) is 1. The predicted octanol–water partition coefficient (Wildman–Crippen LogP) is 1.35. The molecule has 0 amide bonds. The molecular weight excluding hydrogens is 198 g/mol. The third-order valence-corrected chi connectivity index (χ3v) is 4.47. The number of hydrogen-bond acceptors (Lipinski definition) is 3. The molecule has 3 nitrogen and oxygen atoms in total. The van der Waals surface area contributed by atoms with Crippen molar-refractivity contribution in [1.82, 2.24) is 9.88 Å². The lowest BCUT2D eigenvalue weighted by molar-refractivity contribution is 0.106. The van der Waals surface area contributed by atoms with Gasteiger partial charge in [0.25, 0.3) is 0 Å². The first kappa shape index (κ1) is 10.2. The highest BCUT2D eigenvalue weighted by Crippen LogP contribution is 2.50. The maximum Gasteiger partial charge on any atom is 0.0374 e. The van der Waals surface area contributed by atoms with Gasteiger partial charge in [0.2, 0.25) is 0 Å². The summed E-state index contributed by atoms with van der Waals surface area (Å²) in [7, 11) is 2.20. The van der Waals surface area contributed by atoms with E-state index in [0.29, 0.717) is 5.41 Å². The van der Waals surface area contributed by atoms with Gasteiger partial charge in [-0.3, -0.25) is 4.98 Å². The minimum atomic E-state index is 0.199.